The summed E-state index contributed by atoms with van der Waals surface area (Å²) in [4.78, 5) is 29.7. The van der Waals surface area contributed by atoms with E-state index in [2.05, 4.69) is 38.3 Å². The molecule has 0 spiro atoms. The van der Waals surface area contributed by atoms with E-state index in [-0.39, 0.29) is 17.7 Å². The smallest absolute Gasteiger partial charge is 0.253 e. The van der Waals surface area contributed by atoms with Crippen LogP contribution in [-0.2, 0) is 4.79 Å². The van der Waals surface area contributed by atoms with Crippen molar-refractivity contribution in [3.63, 3.8) is 0 Å². The number of anilines is 2. The maximum atomic E-state index is 12.8. The van der Waals surface area contributed by atoms with Crippen LogP contribution in [0.4, 0.5) is 11.4 Å². The fourth-order valence-corrected chi connectivity index (χ4v) is 4.71. The number of amides is 2. The number of hydrogen-bond acceptors (Lipinski definition) is 3. The predicted octanol–water partition coefficient (Wildman–Crippen LogP) is 5.32. The van der Waals surface area contributed by atoms with Crippen LogP contribution >= 0.6 is 15.9 Å². The van der Waals surface area contributed by atoms with Gasteiger partial charge in [-0.2, -0.15) is 0 Å². The minimum Gasteiger partial charge on any atom is -0.372 e. The van der Waals surface area contributed by atoms with Crippen LogP contribution in [0.1, 0.15) is 48.9 Å². The Kier molecular flexibility index (Phi) is 7.28. The molecule has 2 aliphatic heterocycles. The average molecular weight is 484 g/mol. The van der Waals surface area contributed by atoms with E-state index in [1.54, 1.807) is 0 Å². The molecule has 2 aliphatic rings. The van der Waals surface area contributed by atoms with Gasteiger partial charge in [-0.1, -0.05) is 28.8 Å². The van der Waals surface area contributed by atoms with Gasteiger partial charge < -0.3 is 15.1 Å². The maximum Gasteiger partial charge on any atom is 0.253 e. The fourth-order valence-electron chi connectivity index (χ4n) is 4.45. The summed E-state index contributed by atoms with van der Waals surface area (Å²) in [6.07, 6.45) is 6.53. The second-order valence-electron chi connectivity index (χ2n) is 8.51. The van der Waals surface area contributed by atoms with Crippen LogP contribution < -0.4 is 10.2 Å². The summed E-state index contributed by atoms with van der Waals surface area (Å²) in [7, 11) is 0. The molecule has 0 saturated carbocycles. The lowest BCUT2D eigenvalue weighted by Gasteiger charge is -2.31. The van der Waals surface area contributed by atoms with Crippen molar-refractivity contribution in [2.45, 2.75) is 38.5 Å². The Balaban J connectivity index is 1.28. The number of carbonyl (C=O) groups is 2. The highest BCUT2D eigenvalue weighted by Crippen LogP contribution is 2.24. The number of halogens is 1. The third kappa shape index (κ3) is 5.67. The van der Waals surface area contributed by atoms with E-state index < -0.39 is 0 Å². The molecular weight excluding hydrogens is 454 g/mol. The van der Waals surface area contributed by atoms with Crippen LogP contribution in [0.5, 0.6) is 0 Å². The molecule has 2 aromatic carbocycles. The normalized spacial score (nSPS) is 17.8. The third-order valence-corrected chi connectivity index (χ3v) is 6.88. The lowest BCUT2D eigenvalue weighted by atomic mass is 9.95. The quantitative estimate of drug-likeness (QED) is 0.639. The molecule has 2 amide bonds. The Morgan fingerprint density at radius 3 is 2.03 bits per heavy atom. The van der Waals surface area contributed by atoms with Gasteiger partial charge in [-0.3, -0.25) is 9.59 Å². The first-order valence-electron chi connectivity index (χ1n) is 11.3. The van der Waals surface area contributed by atoms with Gasteiger partial charge in [-0.15, -0.1) is 0 Å². The molecule has 0 radical (unpaired) electrons. The summed E-state index contributed by atoms with van der Waals surface area (Å²) in [5.74, 6) is 0.0352. The minimum absolute atomic E-state index is 0.0375. The Bertz CT molecular complexity index is 882. The molecule has 164 valence electrons. The lowest BCUT2D eigenvalue weighted by molar-refractivity contribution is -0.121. The number of likely N-dealkylation sites (tertiary alicyclic amines) is 1. The molecule has 0 bridgehead atoms. The molecule has 4 rings (SSSR count). The summed E-state index contributed by atoms with van der Waals surface area (Å²) in [5.41, 5.74) is 2.77. The predicted molar refractivity (Wildman–Crippen MR) is 129 cm³/mol. The first-order chi connectivity index (χ1) is 15.1. The van der Waals surface area contributed by atoms with Crippen molar-refractivity contribution >= 4 is 39.1 Å². The first-order valence-corrected chi connectivity index (χ1v) is 12.1. The van der Waals surface area contributed by atoms with Gasteiger partial charge in [0.1, 0.15) is 0 Å². The third-order valence-electron chi connectivity index (χ3n) is 6.35. The average Bonchev–Trinajstić information content (AvgIpc) is 3.09. The fraction of sp³-hybridized carbons (Fsp3) is 0.440. The largest absolute Gasteiger partial charge is 0.372 e. The minimum atomic E-state index is -0.0562. The van der Waals surface area contributed by atoms with Crippen LogP contribution in [-0.4, -0.2) is 42.9 Å². The second-order valence-corrected chi connectivity index (χ2v) is 9.43. The number of benzene rings is 2. The van der Waals surface area contributed by atoms with Crippen LogP contribution in [0, 0.1) is 5.92 Å². The van der Waals surface area contributed by atoms with Crippen molar-refractivity contribution in [3.05, 3.63) is 58.6 Å². The first kappa shape index (κ1) is 21.9. The Labute approximate surface area is 192 Å². The van der Waals surface area contributed by atoms with E-state index >= 15 is 0 Å². The zero-order chi connectivity index (χ0) is 21.6. The zero-order valence-corrected chi connectivity index (χ0v) is 19.4. The van der Waals surface area contributed by atoms with Crippen molar-refractivity contribution in [1.29, 1.82) is 0 Å². The van der Waals surface area contributed by atoms with Crippen molar-refractivity contribution < 1.29 is 9.59 Å². The molecule has 2 saturated heterocycles. The molecular formula is C25H30BrN3O2. The number of rotatable bonds is 4. The maximum absolute atomic E-state index is 12.8. The highest BCUT2D eigenvalue weighted by atomic mass is 79.9. The number of nitrogens with one attached hydrogen (secondary N) is 1. The molecule has 2 fully saturated rings. The molecule has 0 atom stereocenters. The van der Waals surface area contributed by atoms with Gasteiger partial charge in [-0.25, -0.2) is 0 Å². The summed E-state index contributed by atoms with van der Waals surface area (Å²) in [6, 6.07) is 15.7. The molecule has 6 heteroatoms. The number of nitrogens with zero attached hydrogens (tertiary/aromatic N) is 2. The van der Waals surface area contributed by atoms with Crippen molar-refractivity contribution in [3.8, 4) is 0 Å². The summed E-state index contributed by atoms with van der Waals surface area (Å²) in [5, 5.41) is 3.07. The van der Waals surface area contributed by atoms with Gasteiger partial charge in [0.15, 0.2) is 0 Å². The van der Waals surface area contributed by atoms with Gasteiger partial charge in [-0.05, 0) is 74.2 Å². The SMILES string of the molecule is O=C(Nc1ccc(N2CCCCCC2)cc1)C1CCN(C(=O)c2ccc(Br)cc2)CC1. The van der Waals surface area contributed by atoms with Crippen molar-refractivity contribution in [2.75, 3.05) is 36.4 Å². The Morgan fingerprint density at radius 1 is 0.806 bits per heavy atom. The van der Waals surface area contributed by atoms with Gasteiger partial charge in [0, 0.05) is 53.5 Å². The monoisotopic (exact) mass is 483 g/mol. The summed E-state index contributed by atoms with van der Waals surface area (Å²) < 4.78 is 0.957. The van der Waals surface area contributed by atoms with E-state index in [1.807, 2.05) is 41.3 Å². The lowest BCUT2D eigenvalue weighted by Crippen LogP contribution is -2.41. The van der Waals surface area contributed by atoms with Crippen LogP contribution in [0.2, 0.25) is 0 Å². The standard InChI is InChI=1S/C25H30BrN3O2/c26-21-7-5-20(6-8-21)25(31)29-17-13-19(14-18-29)24(30)27-22-9-11-23(12-10-22)28-15-3-1-2-4-16-28/h5-12,19H,1-4,13-18H2,(H,27,30). The highest BCUT2D eigenvalue weighted by Gasteiger charge is 2.28. The van der Waals surface area contributed by atoms with Gasteiger partial charge in [0.2, 0.25) is 5.91 Å². The van der Waals surface area contributed by atoms with Crippen molar-refractivity contribution in [2.24, 2.45) is 5.92 Å². The molecule has 0 unspecified atom stereocenters. The Hall–Kier alpha value is -2.34. The van der Waals surface area contributed by atoms with Gasteiger partial charge in [0.25, 0.3) is 5.91 Å². The Morgan fingerprint density at radius 2 is 1.42 bits per heavy atom. The van der Waals surface area contributed by atoms with Crippen LogP contribution in [0.15, 0.2) is 53.0 Å². The molecule has 1 N–H and O–H groups in total. The van der Waals surface area contributed by atoms with E-state index in [9.17, 15) is 9.59 Å². The van der Waals surface area contributed by atoms with E-state index in [1.165, 1.54) is 31.4 Å². The summed E-state index contributed by atoms with van der Waals surface area (Å²) >= 11 is 3.40. The zero-order valence-electron chi connectivity index (χ0n) is 17.9. The number of carbonyl (C=O) groups excluding carboxylic acids is 2. The van der Waals surface area contributed by atoms with Gasteiger partial charge in [0.05, 0.1) is 0 Å². The number of piperidine rings is 1. The molecule has 0 aliphatic carbocycles. The summed E-state index contributed by atoms with van der Waals surface area (Å²) in [6.45, 7) is 3.45. The second kappa shape index (κ2) is 10.3. The van der Waals surface area contributed by atoms with Crippen LogP contribution in [0.3, 0.4) is 0 Å². The topological polar surface area (TPSA) is 52.7 Å². The number of hydrogen-bond donors (Lipinski definition) is 1. The molecule has 31 heavy (non-hydrogen) atoms. The van der Waals surface area contributed by atoms with Crippen molar-refractivity contribution in [1.82, 2.24) is 4.90 Å². The molecule has 5 nitrogen and oxygen atoms in total. The van der Waals surface area contributed by atoms with Gasteiger partial charge >= 0.3 is 0 Å². The molecule has 2 heterocycles. The van der Waals surface area contributed by atoms with Crippen LogP contribution in [0.25, 0.3) is 0 Å². The highest BCUT2D eigenvalue weighted by molar-refractivity contribution is 9.10. The molecule has 0 aromatic heterocycles. The van der Waals surface area contributed by atoms with E-state index in [4.69, 9.17) is 0 Å². The van der Waals surface area contributed by atoms with E-state index in [0.29, 0.717) is 31.5 Å². The molecule has 2 aromatic rings. The van der Waals surface area contributed by atoms with E-state index in [0.717, 1.165) is 23.2 Å².